The maximum absolute atomic E-state index is 13.5. The molecule has 3 aromatic rings. The highest BCUT2D eigenvalue weighted by Gasteiger charge is 2.42. The van der Waals surface area contributed by atoms with Gasteiger partial charge >= 0.3 is 0 Å². The van der Waals surface area contributed by atoms with E-state index in [1.165, 1.54) is 7.11 Å². The average molecular weight is 475 g/mol. The Kier molecular flexibility index (Phi) is 7.42. The molecule has 1 aliphatic rings. The van der Waals surface area contributed by atoms with E-state index in [2.05, 4.69) is 5.32 Å². The van der Waals surface area contributed by atoms with Crippen molar-refractivity contribution in [2.45, 2.75) is 12.5 Å². The number of nitrogens with one attached hydrogen (secondary N) is 1. The topological polar surface area (TPSA) is 94.2 Å². The molecular weight excluding hydrogens is 448 g/mol. The number of ether oxygens (including phenoxy) is 3. The van der Waals surface area contributed by atoms with Crippen LogP contribution in [0.1, 0.15) is 26.3 Å². The number of methoxy groups -OCH3 is 2. The summed E-state index contributed by atoms with van der Waals surface area (Å²) in [5.74, 6) is -0.528. The molecule has 4 rings (SSSR count). The van der Waals surface area contributed by atoms with Crippen LogP contribution in [0.2, 0.25) is 0 Å². The first kappa shape index (κ1) is 24.0. The molecule has 3 amide bonds. The first-order chi connectivity index (χ1) is 17.0. The molecule has 0 spiro atoms. The second-order valence-corrected chi connectivity index (χ2v) is 7.93. The van der Waals surface area contributed by atoms with Gasteiger partial charge in [0.05, 0.1) is 24.8 Å². The summed E-state index contributed by atoms with van der Waals surface area (Å²) in [5.41, 5.74) is 1.85. The van der Waals surface area contributed by atoms with E-state index in [1.54, 1.807) is 49.6 Å². The first-order valence-corrected chi connectivity index (χ1v) is 11.1. The molecule has 1 N–H and O–H groups in total. The third-order valence-corrected chi connectivity index (χ3v) is 5.69. The number of imide groups is 1. The van der Waals surface area contributed by atoms with Crippen molar-refractivity contribution in [1.29, 1.82) is 0 Å². The van der Waals surface area contributed by atoms with Gasteiger partial charge in [-0.25, -0.2) is 0 Å². The molecule has 1 atom stereocenters. The lowest BCUT2D eigenvalue weighted by atomic mass is 10.0. The van der Waals surface area contributed by atoms with Gasteiger partial charge in [0, 0.05) is 25.3 Å². The van der Waals surface area contributed by atoms with Gasteiger partial charge in [-0.2, -0.15) is 0 Å². The van der Waals surface area contributed by atoms with Crippen LogP contribution in [0.15, 0.2) is 72.8 Å². The Bertz CT molecular complexity index is 1190. The monoisotopic (exact) mass is 474 g/mol. The van der Waals surface area contributed by atoms with E-state index < -0.39 is 23.8 Å². The zero-order valence-electron chi connectivity index (χ0n) is 19.5. The Morgan fingerprint density at radius 2 is 1.51 bits per heavy atom. The third kappa shape index (κ3) is 5.17. The van der Waals surface area contributed by atoms with Crippen molar-refractivity contribution < 1.29 is 28.6 Å². The lowest BCUT2D eigenvalue weighted by molar-refractivity contribution is -0.119. The molecule has 0 saturated heterocycles. The van der Waals surface area contributed by atoms with E-state index in [9.17, 15) is 14.4 Å². The third-order valence-electron chi connectivity index (χ3n) is 5.69. The van der Waals surface area contributed by atoms with Gasteiger partial charge < -0.3 is 19.5 Å². The minimum atomic E-state index is -1.05. The van der Waals surface area contributed by atoms with Crippen LogP contribution in [0.4, 0.5) is 5.69 Å². The molecule has 8 heteroatoms. The van der Waals surface area contributed by atoms with E-state index in [-0.39, 0.29) is 6.42 Å². The predicted molar refractivity (Wildman–Crippen MR) is 130 cm³/mol. The van der Waals surface area contributed by atoms with Gasteiger partial charge in [-0.05, 0) is 29.8 Å². The summed E-state index contributed by atoms with van der Waals surface area (Å²) in [6.07, 6.45) is 0.172. The van der Waals surface area contributed by atoms with Crippen molar-refractivity contribution in [3.05, 3.63) is 89.5 Å². The second kappa shape index (κ2) is 10.8. The van der Waals surface area contributed by atoms with Gasteiger partial charge in [0.25, 0.3) is 11.8 Å². The van der Waals surface area contributed by atoms with Gasteiger partial charge in [-0.15, -0.1) is 0 Å². The van der Waals surface area contributed by atoms with Crippen molar-refractivity contribution in [2.24, 2.45) is 0 Å². The summed E-state index contributed by atoms with van der Waals surface area (Å²) >= 11 is 0. The highest BCUT2D eigenvalue weighted by Crippen LogP contribution is 2.31. The Morgan fingerprint density at radius 3 is 2.14 bits per heavy atom. The minimum Gasteiger partial charge on any atom is -0.493 e. The van der Waals surface area contributed by atoms with Crippen molar-refractivity contribution in [2.75, 3.05) is 32.8 Å². The minimum absolute atomic E-state index is 0.172. The Balaban J connectivity index is 1.62. The molecule has 0 bridgehead atoms. The molecule has 180 valence electrons. The van der Waals surface area contributed by atoms with E-state index >= 15 is 0 Å². The molecule has 1 aliphatic heterocycles. The fourth-order valence-corrected chi connectivity index (χ4v) is 3.96. The predicted octanol–water partition coefficient (Wildman–Crippen LogP) is 3.57. The van der Waals surface area contributed by atoms with Gasteiger partial charge in [0.1, 0.15) is 12.6 Å². The van der Waals surface area contributed by atoms with E-state index in [0.717, 1.165) is 10.5 Å². The summed E-state index contributed by atoms with van der Waals surface area (Å²) in [5, 5.41) is 2.84. The number of fused-ring (bicyclic) bond motifs is 1. The molecule has 1 unspecified atom stereocenters. The van der Waals surface area contributed by atoms with Crippen molar-refractivity contribution in [1.82, 2.24) is 4.90 Å². The standard InChI is InChI=1S/C27H26N2O6/c1-33-14-15-35-24-17-19(12-13-23(24)34-2)28-25(30)22(16-18-8-4-3-5-9-18)29-26(31)20-10-6-7-11-21(20)27(29)32/h3-13,17,22H,14-16H2,1-2H3,(H,28,30). The Morgan fingerprint density at radius 1 is 0.857 bits per heavy atom. The zero-order valence-corrected chi connectivity index (χ0v) is 19.5. The smallest absolute Gasteiger partial charge is 0.262 e. The molecule has 35 heavy (non-hydrogen) atoms. The van der Waals surface area contributed by atoms with Crippen LogP contribution in [0, 0.1) is 0 Å². The number of amides is 3. The molecule has 8 nitrogen and oxygen atoms in total. The van der Waals surface area contributed by atoms with Crippen LogP contribution in [-0.4, -0.2) is 56.1 Å². The normalized spacial score (nSPS) is 13.4. The SMILES string of the molecule is COCCOc1cc(NC(=O)C(Cc2ccccc2)N2C(=O)c3ccccc3C2=O)ccc1OC. The van der Waals surface area contributed by atoms with Gasteiger partial charge in [-0.3, -0.25) is 19.3 Å². The van der Waals surface area contributed by atoms with E-state index in [0.29, 0.717) is 41.5 Å². The number of rotatable bonds is 10. The number of hydrogen-bond donors (Lipinski definition) is 1. The second-order valence-electron chi connectivity index (χ2n) is 7.93. The molecule has 3 aromatic carbocycles. The average Bonchev–Trinajstić information content (AvgIpc) is 3.13. The summed E-state index contributed by atoms with van der Waals surface area (Å²) in [6.45, 7) is 0.689. The van der Waals surface area contributed by atoms with Crippen LogP contribution in [0.3, 0.4) is 0 Å². The molecule has 0 saturated carbocycles. The van der Waals surface area contributed by atoms with Crippen molar-refractivity contribution >= 4 is 23.4 Å². The molecule has 0 radical (unpaired) electrons. The van der Waals surface area contributed by atoms with Gasteiger partial charge in [0.2, 0.25) is 5.91 Å². The number of anilines is 1. The van der Waals surface area contributed by atoms with Gasteiger partial charge in [0.15, 0.2) is 11.5 Å². The van der Waals surface area contributed by atoms with Crippen LogP contribution >= 0.6 is 0 Å². The molecule has 0 aliphatic carbocycles. The lowest BCUT2D eigenvalue weighted by Gasteiger charge is -2.25. The maximum atomic E-state index is 13.5. The summed E-state index contributed by atoms with van der Waals surface area (Å²) in [4.78, 5) is 40.9. The number of benzene rings is 3. The van der Waals surface area contributed by atoms with Crippen LogP contribution in [0.5, 0.6) is 11.5 Å². The lowest BCUT2D eigenvalue weighted by Crippen LogP contribution is -2.48. The summed E-state index contributed by atoms with van der Waals surface area (Å²) in [6, 6.07) is 19.8. The summed E-state index contributed by atoms with van der Waals surface area (Å²) < 4.78 is 16.1. The quantitative estimate of drug-likeness (QED) is 0.357. The van der Waals surface area contributed by atoms with E-state index in [4.69, 9.17) is 14.2 Å². The highest BCUT2D eigenvalue weighted by molar-refractivity contribution is 6.23. The fraction of sp³-hybridized carbons (Fsp3) is 0.222. The van der Waals surface area contributed by atoms with Crippen LogP contribution < -0.4 is 14.8 Å². The molecule has 1 heterocycles. The maximum Gasteiger partial charge on any atom is 0.262 e. The molecular formula is C27H26N2O6. The first-order valence-electron chi connectivity index (χ1n) is 11.1. The van der Waals surface area contributed by atoms with Crippen molar-refractivity contribution in [3.8, 4) is 11.5 Å². The number of carbonyl (C=O) groups excluding carboxylic acids is 3. The molecule has 0 fully saturated rings. The van der Waals surface area contributed by atoms with E-state index in [1.807, 2.05) is 30.3 Å². The largest absolute Gasteiger partial charge is 0.493 e. The number of nitrogens with zero attached hydrogens (tertiary/aromatic N) is 1. The number of hydrogen-bond acceptors (Lipinski definition) is 6. The Labute approximate surface area is 203 Å². The fourth-order valence-electron chi connectivity index (χ4n) is 3.96. The molecule has 0 aromatic heterocycles. The zero-order chi connectivity index (χ0) is 24.8. The Hall–Kier alpha value is -4.17. The summed E-state index contributed by atoms with van der Waals surface area (Å²) in [7, 11) is 3.10. The van der Waals surface area contributed by atoms with Crippen LogP contribution in [-0.2, 0) is 16.0 Å². The van der Waals surface area contributed by atoms with Crippen LogP contribution in [0.25, 0.3) is 0 Å². The number of carbonyl (C=O) groups is 3. The highest BCUT2D eigenvalue weighted by atomic mass is 16.5. The van der Waals surface area contributed by atoms with Gasteiger partial charge in [-0.1, -0.05) is 42.5 Å². The van der Waals surface area contributed by atoms with Crippen molar-refractivity contribution in [3.63, 3.8) is 0 Å².